The van der Waals surface area contributed by atoms with Crippen LogP contribution in [0.2, 0.25) is 0 Å². The molecule has 0 fully saturated rings. The number of hydrogen-bond acceptors (Lipinski definition) is 5. The van der Waals surface area contributed by atoms with Crippen LogP contribution in [-0.2, 0) is 13.5 Å². The normalized spacial score (nSPS) is 12.6. The van der Waals surface area contributed by atoms with Gasteiger partial charge in [-0.3, -0.25) is 4.98 Å². The third-order valence-electron chi connectivity index (χ3n) is 2.83. The number of pyridine rings is 1. The number of hydrogen-bond donors (Lipinski definition) is 1. The molecule has 1 atom stereocenters. The summed E-state index contributed by atoms with van der Waals surface area (Å²) >= 11 is 0. The summed E-state index contributed by atoms with van der Waals surface area (Å²) in [6, 6.07) is 2.24. The second kappa shape index (κ2) is 5.68. The molecular formula is C12H18N6. The summed E-state index contributed by atoms with van der Waals surface area (Å²) in [5, 5.41) is 15.6. The first-order valence-electron chi connectivity index (χ1n) is 6.07. The first-order chi connectivity index (χ1) is 8.70. The van der Waals surface area contributed by atoms with Crippen molar-refractivity contribution in [1.29, 1.82) is 0 Å². The lowest BCUT2D eigenvalue weighted by Crippen LogP contribution is -2.24. The molecule has 18 heavy (non-hydrogen) atoms. The molecule has 0 aromatic carbocycles. The summed E-state index contributed by atoms with van der Waals surface area (Å²) in [6.07, 6.45) is 4.42. The molecule has 1 unspecified atom stereocenters. The van der Waals surface area contributed by atoms with E-state index in [-0.39, 0.29) is 6.04 Å². The number of nitrogens with one attached hydrogen (secondary N) is 1. The van der Waals surface area contributed by atoms with Crippen molar-refractivity contribution < 1.29 is 0 Å². The van der Waals surface area contributed by atoms with Gasteiger partial charge in [0.1, 0.15) is 0 Å². The largest absolute Gasteiger partial charge is 0.310 e. The Morgan fingerprint density at radius 3 is 2.89 bits per heavy atom. The lowest BCUT2D eigenvalue weighted by atomic mass is 10.0. The number of nitrogens with zero attached hydrogens (tertiary/aromatic N) is 5. The van der Waals surface area contributed by atoms with E-state index in [0.29, 0.717) is 0 Å². The van der Waals surface area contributed by atoms with Crippen LogP contribution in [0.3, 0.4) is 0 Å². The highest BCUT2D eigenvalue weighted by atomic mass is 15.6. The number of rotatable bonds is 5. The molecule has 0 radical (unpaired) electrons. The van der Waals surface area contributed by atoms with Crippen molar-refractivity contribution in [1.82, 2.24) is 30.5 Å². The maximum absolute atomic E-state index is 4.23. The van der Waals surface area contributed by atoms with E-state index in [2.05, 4.69) is 39.6 Å². The van der Waals surface area contributed by atoms with Gasteiger partial charge < -0.3 is 5.32 Å². The van der Waals surface area contributed by atoms with E-state index >= 15 is 0 Å². The van der Waals surface area contributed by atoms with Gasteiger partial charge in [-0.2, -0.15) is 4.80 Å². The average molecular weight is 246 g/mol. The number of aryl methyl sites for hydroxylation is 2. The van der Waals surface area contributed by atoms with E-state index in [1.165, 1.54) is 15.9 Å². The molecule has 2 aromatic rings. The molecule has 2 aromatic heterocycles. The molecule has 0 saturated carbocycles. The molecule has 0 aliphatic rings. The molecule has 0 aliphatic carbocycles. The van der Waals surface area contributed by atoms with Crippen LogP contribution in [0.4, 0.5) is 0 Å². The third-order valence-corrected chi connectivity index (χ3v) is 2.83. The van der Waals surface area contributed by atoms with Gasteiger partial charge in [-0.05, 0) is 35.9 Å². The van der Waals surface area contributed by atoms with Crippen molar-refractivity contribution in [3.05, 3.63) is 35.4 Å². The van der Waals surface area contributed by atoms with Crippen LogP contribution in [0, 0.1) is 6.92 Å². The third kappa shape index (κ3) is 2.89. The first kappa shape index (κ1) is 12.6. The zero-order valence-electron chi connectivity index (χ0n) is 11.0. The number of tetrazole rings is 1. The average Bonchev–Trinajstić information content (AvgIpc) is 2.75. The summed E-state index contributed by atoms with van der Waals surface area (Å²) in [7, 11) is 1.77. The Kier molecular flexibility index (Phi) is 3.99. The van der Waals surface area contributed by atoms with Crippen LogP contribution in [0.1, 0.15) is 29.9 Å². The molecule has 6 nitrogen and oxygen atoms in total. The first-order valence-corrected chi connectivity index (χ1v) is 6.07. The Labute approximate surface area is 106 Å². The van der Waals surface area contributed by atoms with Crippen LogP contribution in [0.5, 0.6) is 0 Å². The second-order valence-corrected chi connectivity index (χ2v) is 4.24. The lowest BCUT2D eigenvalue weighted by molar-refractivity contribution is 0.532. The molecule has 1 N–H and O–H groups in total. The van der Waals surface area contributed by atoms with Gasteiger partial charge in [-0.1, -0.05) is 6.92 Å². The lowest BCUT2D eigenvalue weighted by Gasteiger charge is -2.18. The van der Waals surface area contributed by atoms with Crippen LogP contribution in [0.25, 0.3) is 0 Å². The van der Waals surface area contributed by atoms with E-state index in [9.17, 15) is 0 Å². The van der Waals surface area contributed by atoms with Crippen LogP contribution in [-0.4, -0.2) is 31.7 Å². The summed E-state index contributed by atoms with van der Waals surface area (Å²) in [4.78, 5) is 5.61. The van der Waals surface area contributed by atoms with E-state index in [0.717, 1.165) is 18.8 Å². The molecule has 0 aliphatic heterocycles. The molecule has 0 amide bonds. The Hall–Kier alpha value is -1.82. The smallest absolute Gasteiger partial charge is 0.176 e. The standard InChI is InChI=1S/C12H18N6/c1-4-14-11(7-12-15-17-18(3)16-12)10-5-6-13-8-9(10)2/h5-6,8,11,14H,4,7H2,1-3H3. The fourth-order valence-electron chi connectivity index (χ4n) is 2.00. The second-order valence-electron chi connectivity index (χ2n) is 4.24. The number of likely N-dealkylation sites (N-methyl/N-ethyl adjacent to an activating group) is 1. The zero-order chi connectivity index (χ0) is 13.0. The zero-order valence-corrected chi connectivity index (χ0v) is 11.0. The van der Waals surface area contributed by atoms with Crippen molar-refractivity contribution in [2.75, 3.05) is 6.54 Å². The maximum Gasteiger partial charge on any atom is 0.176 e. The van der Waals surface area contributed by atoms with Gasteiger partial charge in [0.2, 0.25) is 0 Å². The van der Waals surface area contributed by atoms with Gasteiger partial charge in [0.25, 0.3) is 0 Å². The highest BCUT2D eigenvalue weighted by Crippen LogP contribution is 2.19. The summed E-state index contributed by atoms with van der Waals surface area (Å²) in [5.74, 6) is 0.750. The van der Waals surface area contributed by atoms with Crippen molar-refractivity contribution in [2.24, 2.45) is 7.05 Å². The van der Waals surface area contributed by atoms with Crippen LogP contribution < -0.4 is 5.32 Å². The summed E-state index contributed by atoms with van der Waals surface area (Å²) in [6.45, 7) is 5.05. The predicted octanol–water partition coefficient (Wildman–Crippen LogP) is 0.807. The van der Waals surface area contributed by atoms with E-state index in [1.54, 1.807) is 7.05 Å². The van der Waals surface area contributed by atoms with Crippen molar-refractivity contribution in [3.8, 4) is 0 Å². The fraction of sp³-hybridized carbons (Fsp3) is 0.500. The highest BCUT2D eigenvalue weighted by Gasteiger charge is 2.15. The van der Waals surface area contributed by atoms with Gasteiger partial charge in [-0.25, -0.2) is 0 Å². The highest BCUT2D eigenvalue weighted by molar-refractivity contribution is 5.26. The maximum atomic E-state index is 4.23. The van der Waals surface area contributed by atoms with Gasteiger partial charge >= 0.3 is 0 Å². The van der Waals surface area contributed by atoms with Gasteiger partial charge in [0.15, 0.2) is 5.82 Å². The molecular weight excluding hydrogens is 228 g/mol. The Morgan fingerprint density at radius 2 is 2.28 bits per heavy atom. The van der Waals surface area contributed by atoms with Crippen LogP contribution in [0.15, 0.2) is 18.5 Å². The number of aromatic nitrogens is 5. The SMILES string of the molecule is CCNC(Cc1nnn(C)n1)c1ccncc1C. The molecule has 2 heterocycles. The quantitative estimate of drug-likeness (QED) is 0.845. The Bertz CT molecular complexity index is 507. The van der Waals surface area contributed by atoms with Crippen LogP contribution >= 0.6 is 0 Å². The predicted molar refractivity (Wildman–Crippen MR) is 67.9 cm³/mol. The minimum absolute atomic E-state index is 0.196. The van der Waals surface area contributed by atoms with E-state index in [4.69, 9.17) is 0 Å². The Balaban J connectivity index is 2.20. The van der Waals surface area contributed by atoms with Crippen molar-refractivity contribution >= 4 is 0 Å². The topological polar surface area (TPSA) is 68.5 Å². The minimum atomic E-state index is 0.196. The van der Waals surface area contributed by atoms with Crippen molar-refractivity contribution in [3.63, 3.8) is 0 Å². The monoisotopic (exact) mass is 246 g/mol. The van der Waals surface area contributed by atoms with Gasteiger partial charge in [0.05, 0.1) is 7.05 Å². The summed E-state index contributed by atoms with van der Waals surface area (Å²) in [5.41, 5.74) is 2.41. The fourth-order valence-corrected chi connectivity index (χ4v) is 2.00. The molecule has 6 heteroatoms. The Morgan fingerprint density at radius 1 is 1.44 bits per heavy atom. The minimum Gasteiger partial charge on any atom is -0.310 e. The van der Waals surface area contributed by atoms with E-state index < -0.39 is 0 Å². The van der Waals surface area contributed by atoms with Gasteiger partial charge in [-0.15, -0.1) is 10.2 Å². The molecule has 0 bridgehead atoms. The molecule has 0 saturated heterocycles. The van der Waals surface area contributed by atoms with Crippen molar-refractivity contribution in [2.45, 2.75) is 26.3 Å². The summed E-state index contributed by atoms with van der Waals surface area (Å²) < 4.78 is 0. The molecule has 0 spiro atoms. The van der Waals surface area contributed by atoms with Gasteiger partial charge in [0, 0.05) is 24.9 Å². The molecule has 96 valence electrons. The van der Waals surface area contributed by atoms with E-state index in [1.807, 2.05) is 18.5 Å². The molecule has 2 rings (SSSR count).